The number of nitrogens with zero attached hydrogens (tertiary/aromatic N) is 2. The molecular formula is C23H28N2O4S2. The second kappa shape index (κ2) is 8.41. The molecule has 2 heterocycles. The summed E-state index contributed by atoms with van der Waals surface area (Å²) in [5.41, 5.74) is 1.98. The predicted molar refractivity (Wildman–Crippen MR) is 124 cm³/mol. The van der Waals surface area contributed by atoms with Crippen LogP contribution in [0.2, 0.25) is 0 Å². The van der Waals surface area contributed by atoms with Crippen LogP contribution in [0, 0.1) is 0 Å². The van der Waals surface area contributed by atoms with E-state index >= 15 is 0 Å². The molecule has 0 amide bonds. The summed E-state index contributed by atoms with van der Waals surface area (Å²) in [6.45, 7) is 7.22. The van der Waals surface area contributed by atoms with Crippen molar-refractivity contribution in [1.29, 1.82) is 0 Å². The third-order valence-electron chi connectivity index (χ3n) is 5.60. The molecule has 0 aliphatic carbocycles. The van der Waals surface area contributed by atoms with Gasteiger partial charge in [-0.3, -0.25) is 0 Å². The molecule has 0 bridgehead atoms. The largest absolute Gasteiger partial charge is 0.497 e. The number of thiazole rings is 1. The van der Waals surface area contributed by atoms with Crippen molar-refractivity contribution in [1.82, 2.24) is 9.29 Å². The van der Waals surface area contributed by atoms with Crippen molar-refractivity contribution in [3.8, 4) is 10.9 Å². The Morgan fingerprint density at radius 1 is 1.06 bits per heavy atom. The molecule has 1 aromatic heterocycles. The molecule has 6 nitrogen and oxygen atoms in total. The second-order valence-electron chi connectivity index (χ2n) is 8.81. The monoisotopic (exact) mass is 460 g/mol. The van der Waals surface area contributed by atoms with E-state index in [4.69, 9.17) is 9.47 Å². The SMILES string of the molecule is COc1ccc2nc(OC3CCN(S(=O)(=O)c4ccc(C(C)(C)C)cc4)CC3)sc2c1. The average Bonchev–Trinajstić information content (AvgIpc) is 3.15. The zero-order valence-electron chi connectivity index (χ0n) is 18.3. The quantitative estimate of drug-likeness (QED) is 0.545. The fourth-order valence-corrected chi connectivity index (χ4v) is 6.05. The molecular weight excluding hydrogens is 432 g/mol. The molecule has 0 radical (unpaired) electrons. The van der Waals surface area contributed by atoms with Crippen LogP contribution >= 0.6 is 11.3 Å². The van der Waals surface area contributed by atoms with Gasteiger partial charge in [0.05, 0.1) is 22.2 Å². The molecule has 31 heavy (non-hydrogen) atoms. The van der Waals surface area contributed by atoms with E-state index in [9.17, 15) is 8.42 Å². The number of methoxy groups -OCH3 is 1. The third kappa shape index (κ3) is 4.71. The van der Waals surface area contributed by atoms with E-state index in [2.05, 4.69) is 25.8 Å². The van der Waals surface area contributed by atoms with E-state index in [0.29, 0.717) is 36.0 Å². The van der Waals surface area contributed by atoms with Crippen LogP contribution in [-0.2, 0) is 15.4 Å². The van der Waals surface area contributed by atoms with Crippen LogP contribution in [0.4, 0.5) is 0 Å². The van der Waals surface area contributed by atoms with Gasteiger partial charge >= 0.3 is 0 Å². The molecule has 0 N–H and O–H groups in total. The zero-order chi connectivity index (χ0) is 22.2. The van der Waals surface area contributed by atoms with Crippen molar-refractivity contribution in [3.05, 3.63) is 48.0 Å². The lowest BCUT2D eigenvalue weighted by Gasteiger charge is -2.31. The minimum atomic E-state index is -3.50. The van der Waals surface area contributed by atoms with E-state index < -0.39 is 10.0 Å². The number of piperidine rings is 1. The maximum atomic E-state index is 13.1. The zero-order valence-corrected chi connectivity index (χ0v) is 19.9. The highest BCUT2D eigenvalue weighted by Gasteiger charge is 2.31. The van der Waals surface area contributed by atoms with Crippen molar-refractivity contribution in [2.75, 3.05) is 20.2 Å². The summed E-state index contributed by atoms with van der Waals surface area (Å²) in [6.07, 6.45) is 1.23. The fraction of sp³-hybridized carbons (Fsp3) is 0.435. The smallest absolute Gasteiger partial charge is 0.274 e. The van der Waals surface area contributed by atoms with Crippen LogP contribution < -0.4 is 9.47 Å². The molecule has 0 spiro atoms. The van der Waals surface area contributed by atoms with Crippen molar-refractivity contribution < 1.29 is 17.9 Å². The van der Waals surface area contributed by atoms with Crippen LogP contribution in [0.3, 0.4) is 0 Å². The van der Waals surface area contributed by atoms with Gasteiger partial charge in [-0.25, -0.2) is 13.4 Å². The van der Waals surface area contributed by atoms with Gasteiger partial charge in [-0.15, -0.1) is 0 Å². The summed E-state index contributed by atoms with van der Waals surface area (Å²) in [4.78, 5) is 4.88. The lowest BCUT2D eigenvalue weighted by Crippen LogP contribution is -2.41. The number of benzene rings is 2. The first-order chi connectivity index (χ1) is 14.7. The van der Waals surface area contributed by atoms with Gasteiger partial charge in [0, 0.05) is 13.1 Å². The van der Waals surface area contributed by atoms with Crippen LogP contribution in [0.15, 0.2) is 47.4 Å². The molecule has 8 heteroatoms. The Morgan fingerprint density at radius 2 is 1.74 bits per heavy atom. The number of aromatic nitrogens is 1. The lowest BCUT2D eigenvalue weighted by atomic mass is 9.87. The number of hydrogen-bond donors (Lipinski definition) is 0. The summed E-state index contributed by atoms with van der Waals surface area (Å²) in [5.74, 6) is 0.789. The summed E-state index contributed by atoms with van der Waals surface area (Å²) >= 11 is 1.48. The molecule has 1 aliphatic heterocycles. The standard InChI is InChI=1S/C23H28N2O4S2/c1-23(2,3)16-5-8-19(9-6-16)31(26,27)25-13-11-17(12-14-25)29-22-24-20-10-7-18(28-4)15-21(20)30-22/h5-10,15,17H,11-14H2,1-4H3. The van der Waals surface area contributed by atoms with Crippen LogP contribution in [0.1, 0.15) is 39.2 Å². The molecule has 1 aliphatic rings. The fourth-order valence-electron chi connectivity index (χ4n) is 3.67. The molecule has 3 aromatic rings. The van der Waals surface area contributed by atoms with Crippen molar-refractivity contribution >= 4 is 31.6 Å². The lowest BCUT2D eigenvalue weighted by molar-refractivity contribution is 0.135. The van der Waals surface area contributed by atoms with Gasteiger partial charge in [-0.05, 0) is 54.2 Å². The second-order valence-corrected chi connectivity index (χ2v) is 11.7. The first-order valence-corrected chi connectivity index (χ1v) is 12.6. The first kappa shape index (κ1) is 22.0. The number of sulfonamides is 1. The van der Waals surface area contributed by atoms with Gasteiger partial charge < -0.3 is 9.47 Å². The summed E-state index contributed by atoms with van der Waals surface area (Å²) in [6, 6.07) is 13.0. The molecule has 0 unspecified atom stereocenters. The Balaban J connectivity index is 1.40. The van der Waals surface area contributed by atoms with Crippen LogP contribution in [0.25, 0.3) is 10.2 Å². The minimum Gasteiger partial charge on any atom is -0.497 e. The molecule has 166 valence electrons. The van der Waals surface area contributed by atoms with Crippen LogP contribution in [-0.4, -0.2) is 44.0 Å². The van der Waals surface area contributed by atoms with Gasteiger partial charge in [0.1, 0.15) is 11.9 Å². The van der Waals surface area contributed by atoms with E-state index in [-0.39, 0.29) is 11.5 Å². The molecule has 4 rings (SSSR count). The number of rotatable bonds is 5. The molecule has 2 aromatic carbocycles. The summed E-state index contributed by atoms with van der Waals surface area (Å²) in [5, 5.41) is 0.613. The van der Waals surface area contributed by atoms with Crippen molar-refractivity contribution in [2.45, 2.75) is 50.0 Å². The van der Waals surface area contributed by atoms with Gasteiger partial charge in [-0.2, -0.15) is 4.31 Å². The highest BCUT2D eigenvalue weighted by Crippen LogP contribution is 2.33. The minimum absolute atomic E-state index is 0.0102. The Kier molecular flexibility index (Phi) is 5.98. The first-order valence-electron chi connectivity index (χ1n) is 10.4. The molecule has 1 saturated heterocycles. The highest BCUT2D eigenvalue weighted by atomic mass is 32.2. The molecule has 0 saturated carbocycles. The number of fused-ring (bicyclic) bond motifs is 1. The third-order valence-corrected chi connectivity index (χ3v) is 8.42. The topological polar surface area (TPSA) is 68.7 Å². The van der Waals surface area contributed by atoms with Crippen molar-refractivity contribution in [3.63, 3.8) is 0 Å². The predicted octanol–water partition coefficient (Wildman–Crippen LogP) is 4.83. The summed E-state index contributed by atoms with van der Waals surface area (Å²) in [7, 11) is -1.86. The maximum Gasteiger partial charge on any atom is 0.274 e. The van der Waals surface area contributed by atoms with E-state index in [1.807, 2.05) is 30.3 Å². The van der Waals surface area contributed by atoms with E-state index in [0.717, 1.165) is 21.5 Å². The Hall–Kier alpha value is -2.16. The number of hydrogen-bond acceptors (Lipinski definition) is 6. The Labute approximate surface area is 187 Å². The molecule has 1 fully saturated rings. The van der Waals surface area contributed by atoms with Gasteiger partial charge in [0.2, 0.25) is 10.0 Å². The van der Waals surface area contributed by atoms with Crippen LogP contribution in [0.5, 0.6) is 10.9 Å². The highest BCUT2D eigenvalue weighted by molar-refractivity contribution is 7.89. The summed E-state index contributed by atoms with van der Waals surface area (Å²) < 4.78 is 40.0. The van der Waals surface area contributed by atoms with E-state index in [1.54, 1.807) is 23.5 Å². The van der Waals surface area contributed by atoms with E-state index in [1.165, 1.54) is 11.3 Å². The average molecular weight is 461 g/mol. The van der Waals surface area contributed by atoms with Gasteiger partial charge in [0.15, 0.2) is 0 Å². The Bertz CT molecular complexity index is 1160. The van der Waals surface area contributed by atoms with Gasteiger partial charge in [0.25, 0.3) is 5.19 Å². The molecule has 0 atom stereocenters. The number of ether oxygens (including phenoxy) is 2. The van der Waals surface area contributed by atoms with Crippen molar-refractivity contribution in [2.24, 2.45) is 0 Å². The Morgan fingerprint density at radius 3 is 2.35 bits per heavy atom. The normalized spacial score (nSPS) is 16.5. The van der Waals surface area contributed by atoms with Gasteiger partial charge in [-0.1, -0.05) is 44.2 Å². The maximum absolute atomic E-state index is 13.1.